The normalized spacial score (nSPS) is 11.2. The Kier molecular flexibility index (Phi) is 2.23. The minimum absolute atomic E-state index is 0.702. The van der Waals surface area contributed by atoms with Crippen molar-refractivity contribution in [1.29, 1.82) is 0 Å². The quantitative estimate of drug-likeness (QED) is 0.604. The lowest BCUT2D eigenvalue weighted by Gasteiger charge is -1.99. The first-order valence-electron chi connectivity index (χ1n) is 6.16. The number of nitrogens with one attached hydrogen (secondary N) is 1. The van der Waals surface area contributed by atoms with Crippen molar-refractivity contribution in [2.45, 2.75) is 0 Å². The molecule has 0 aliphatic heterocycles. The van der Waals surface area contributed by atoms with Crippen LogP contribution in [0.4, 0.5) is 0 Å². The number of H-pyrrole nitrogens is 1. The third kappa shape index (κ3) is 1.55. The molecule has 4 aromatic rings. The molecule has 20 heavy (non-hydrogen) atoms. The third-order valence-electron chi connectivity index (χ3n) is 3.27. The Morgan fingerprint density at radius 1 is 1.15 bits per heavy atom. The predicted octanol–water partition coefficient (Wildman–Crippen LogP) is 2.31. The first-order chi connectivity index (χ1) is 9.85. The number of nitrogens with zero attached hydrogens (tertiary/aromatic N) is 4. The molecule has 0 bridgehead atoms. The summed E-state index contributed by atoms with van der Waals surface area (Å²) < 4.78 is 6.81. The van der Waals surface area contributed by atoms with Gasteiger partial charge in [-0.3, -0.25) is 4.98 Å². The van der Waals surface area contributed by atoms with Crippen LogP contribution in [0.25, 0.3) is 27.8 Å². The van der Waals surface area contributed by atoms with E-state index in [1.807, 2.05) is 24.4 Å². The van der Waals surface area contributed by atoms with Crippen LogP contribution in [0.2, 0.25) is 0 Å². The van der Waals surface area contributed by atoms with Gasteiger partial charge >= 0.3 is 0 Å². The van der Waals surface area contributed by atoms with Crippen molar-refractivity contribution in [2.75, 3.05) is 7.11 Å². The Morgan fingerprint density at radius 3 is 2.95 bits per heavy atom. The number of hydrogen-bond acceptors (Lipinski definition) is 4. The van der Waals surface area contributed by atoms with E-state index >= 15 is 0 Å². The zero-order valence-corrected chi connectivity index (χ0v) is 10.7. The molecule has 98 valence electrons. The number of rotatable bonds is 2. The molecule has 0 saturated heterocycles. The first kappa shape index (κ1) is 11.0. The Morgan fingerprint density at radius 2 is 2.10 bits per heavy atom. The predicted molar refractivity (Wildman–Crippen MR) is 75.1 cm³/mol. The number of methoxy groups -OCH3 is 1. The summed E-state index contributed by atoms with van der Waals surface area (Å²) in [4.78, 5) is 12.0. The molecule has 0 radical (unpaired) electrons. The first-order valence-corrected chi connectivity index (χ1v) is 6.16. The SMILES string of the molecule is COc1cnn(-c2ccc3c(n2)[nH]c2ccncc23)c1. The van der Waals surface area contributed by atoms with E-state index in [0.717, 1.165) is 27.8 Å². The van der Waals surface area contributed by atoms with Gasteiger partial charge in [-0.1, -0.05) is 0 Å². The molecular weight excluding hydrogens is 254 g/mol. The molecule has 0 aliphatic carbocycles. The summed E-state index contributed by atoms with van der Waals surface area (Å²) >= 11 is 0. The van der Waals surface area contributed by atoms with Crippen molar-refractivity contribution >= 4 is 21.9 Å². The molecule has 6 heteroatoms. The molecular formula is C14H11N5O. The van der Waals surface area contributed by atoms with Gasteiger partial charge in [0, 0.05) is 23.2 Å². The molecule has 0 amide bonds. The summed E-state index contributed by atoms with van der Waals surface area (Å²) in [6.45, 7) is 0. The summed E-state index contributed by atoms with van der Waals surface area (Å²) in [5.74, 6) is 1.44. The summed E-state index contributed by atoms with van der Waals surface area (Å²) in [5.41, 5.74) is 1.85. The average molecular weight is 265 g/mol. The molecule has 0 aliphatic rings. The number of aromatic nitrogens is 5. The van der Waals surface area contributed by atoms with Crippen LogP contribution in [0.5, 0.6) is 5.75 Å². The number of aromatic amines is 1. The van der Waals surface area contributed by atoms with Gasteiger partial charge in [0.05, 0.1) is 25.0 Å². The van der Waals surface area contributed by atoms with Gasteiger partial charge in [-0.15, -0.1) is 0 Å². The molecule has 6 nitrogen and oxygen atoms in total. The summed E-state index contributed by atoms with van der Waals surface area (Å²) in [7, 11) is 1.61. The van der Waals surface area contributed by atoms with Gasteiger partial charge in [0.1, 0.15) is 5.65 Å². The minimum Gasteiger partial charge on any atom is -0.493 e. The minimum atomic E-state index is 0.702. The van der Waals surface area contributed by atoms with E-state index in [2.05, 4.69) is 20.1 Å². The number of hydrogen-bond donors (Lipinski definition) is 1. The van der Waals surface area contributed by atoms with Crippen LogP contribution in [0, 0.1) is 0 Å². The maximum atomic E-state index is 5.12. The molecule has 0 unspecified atom stereocenters. The van der Waals surface area contributed by atoms with E-state index in [-0.39, 0.29) is 0 Å². The van der Waals surface area contributed by atoms with Crippen LogP contribution in [0.3, 0.4) is 0 Å². The summed E-state index contributed by atoms with van der Waals surface area (Å²) in [6, 6.07) is 5.88. The Balaban J connectivity index is 1.92. The van der Waals surface area contributed by atoms with E-state index in [4.69, 9.17) is 4.74 Å². The fourth-order valence-electron chi connectivity index (χ4n) is 2.27. The van der Waals surface area contributed by atoms with Gasteiger partial charge in [0.25, 0.3) is 0 Å². The Bertz CT molecular complexity index is 908. The van der Waals surface area contributed by atoms with Gasteiger partial charge in [-0.2, -0.15) is 5.10 Å². The molecule has 0 spiro atoms. The standard InChI is InChI=1S/C14H11N5O/c1-20-9-6-16-19(8-9)13-3-2-10-11-7-15-5-4-12(11)17-14(10)18-13/h2-8H,1H3,(H,17,18). The van der Waals surface area contributed by atoms with Crippen molar-refractivity contribution in [3.8, 4) is 11.6 Å². The van der Waals surface area contributed by atoms with Gasteiger partial charge in [-0.25, -0.2) is 9.67 Å². The highest BCUT2D eigenvalue weighted by molar-refractivity contribution is 6.05. The second-order valence-corrected chi connectivity index (χ2v) is 4.44. The van der Waals surface area contributed by atoms with Crippen molar-refractivity contribution in [1.82, 2.24) is 24.7 Å². The zero-order valence-electron chi connectivity index (χ0n) is 10.7. The largest absolute Gasteiger partial charge is 0.493 e. The van der Waals surface area contributed by atoms with Gasteiger partial charge in [0.15, 0.2) is 11.6 Å². The molecule has 4 aromatic heterocycles. The summed E-state index contributed by atoms with van der Waals surface area (Å²) in [5, 5.41) is 6.34. The topological polar surface area (TPSA) is 68.6 Å². The molecule has 0 fully saturated rings. The Hall–Kier alpha value is -2.89. The third-order valence-corrected chi connectivity index (χ3v) is 3.27. The highest BCUT2D eigenvalue weighted by Gasteiger charge is 2.08. The maximum Gasteiger partial charge on any atom is 0.157 e. The van der Waals surface area contributed by atoms with E-state index in [1.165, 1.54) is 0 Å². The molecule has 4 heterocycles. The van der Waals surface area contributed by atoms with Crippen LogP contribution in [-0.4, -0.2) is 31.8 Å². The molecule has 0 atom stereocenters. The fraction of sp³-hybridized carbons (Fsp3) is 0.0714. The summed E-state index contributed by atoms with van der Waals surface area (Å²) in [6.07, 6.45) is 7.04. The fourth-order valence-corrected chi connectivity index (χ4v) is 2.27. The second-order valence-electron chi connectivity index (χ2n) is 4.44. The van der Waals surface area contributed by atoms with E-state index in [9.17, 15) is 0 Å². The van der Waals surface area contributed by atoms with Gasteiger partial charge in [-0.05, 0) is 18.2 Å². The lowest BCUT2D eigenvalue weighted by Crippen LogP contribution is -1.97. The van der Waals surface area contributed by atoms with Crippen LogP contribution >= 0.6 is 0 Å². The Labute approximate surface area is 114 Å². The maximum absolute atomic E-state index is 5.12. The lowest BCUT2D eigenvalue weighted by molar-refractivity contribution is 0.414. The molecule has 0 aromatic carbocycles. The number of pyridine rings is 2. The van der Waals surface area contributed by atoms with E-state index in [1.54, 1.807) is 30.4 Å². The van der Waals surface area contributed by atoms with Crippen LogP contribution in [0.15, 0.2) is 43.0 Å². The van der Waals surface area contributed by atoms with Crippen LogP contribution < -0.4 is 4.74 Å². The second kappa shape index (κ2) is 4.06. The smallest absolute Gasteiger partial charge is 0.157 e. The highest BCUT2D eigenvalue weighted by Crippen LogP contribution is 2.24. The van der Waals surface area contributed by atoms with Crippen LogP contribution in [0.1, 0.15) is 0 Å². The van der Waals surface area contributed by atoms with Gasteiger partial charge in [0.2, 0.25) is 0 Å². The molecule has 4 rings (SSSR count). The van der Waals surface area contributed by atoms with Crippen molar-refractivity contribution < 1.29 is 4.74 Å². The monoisotopic (exact) mass is 265 g/mol. The number of fused-ring (bicyclic) bond motifs is 3. The van der Waals surface area contributed by atoms with Crippen molar-refractivity contribution in [2.24, 2.45) is 0 Å². The highest BCUT2D eigenvalue weighted by atomic mass is 16.5. The van der Waals surface area contributed by atoms with E-state index < -0.39 is 0 Å². The molecule has 0 saturated carbocycles. The lowest BCUT2D eigenvalue weighted by atomic mass is 10.2. The zero-order chi connectivity index (χ0) is 13.5. The van der Waals surface area contributed by atoms with Gasteiger partial charge < -0.3 is 9.72 Å². The van der Waals surface area contributed by atoms with E-state index in [0.29, 0.717) is 5.75 Å². The van der Waals surface area contributed by atoms with Crippen molar-refractivity contribution in [3.63, 3.8) is 0 Å². The average Bonchev–Trinajstić information content (AvgIpc) is 3.10. The number of ether oxygens (including phenoxy) is 1. The molecule has 1 N–H and O–H groups in total. The van der Waals surface area contributed by atoms with Crippen molar-refractivity contribution in [3.05, 3.63) is 43.0 Å². The van der Waals surface area contributed by atoms with Crippen LogP contribution in [-0.2, 0) is 0 Å².